The topological polar surface area (TPSA) is 63.2 Å². The molecule has 0 N–H and O–H groups in total. The van der Waals surface area contributed by atoms with Crippen LogP contribution in [-0.2, 0) is 6.54 Å². The monoisotopic (exact) mass is 406 g/mol. The molecule has 3 heterocycles. The van der Waals surface area contributed by atoms with Crippen molar-refractivity contribution in [3.8, 4) is 0 Å². The average Bonchev–Trinajstić information content (AvgIpc) is 3.49. The van der Waals surface area contributed by atoms with E-state index >= 15 is 0 Å². The molecule has 2 fully saturated rings. The van der Waals surface area contributed by atoms with Crippen LogP contribution in [0.25, 0.3) is 0 Å². The van der Waals surface area contributed by atoms with E-state index in [-0.39, 0.29) is 6.04 Å². The Labute approximate surface area is 177 Å². The molecule has 0 amide bonds. The highest BCUT2D eigenvalue weighted by molar-refractivity contribution is 5.25. The van der Waals surface area contributed by atoms with E-state index < -0.39 is 0 Å². The van der Waals surface area contributed by atoms with Crippen molar-refractivity contribution >= 4 is 0 Å². The van der Waals surface area contributed by atoms with E-state index in [1.807, 2.05) is 16.8 Å². The van der Waals surface area contributed by atoms with Crippen molar-refractivity contribution < 1.29 is 4.42 Å². The first kappa shape index (κ1) is 19.5. The summed E-state index contributed by atoms with van der Waals surface area (Å²) in [5.74, 6) is 1.74. The third kappa shape index (κ3) is 4.18. The molecule has 2 aliphatic rings. The van der Waals surface area contributed by atoms with Crippen LogP contribution >= 0.6 is 0 Å². The van der Waals surface area contributed by atoms with Crippen LogP contribution in [0.15, 0.2) is 53.1 Å². The fourth-order valence-corrected chi connectivity index (χ4v) is 5.04. The Morgan fingerprint density at radius 2 is 1.73 bits per heavy atom. The second-order valence-corrected chi connectivity index (χ2v) is 8.45. The minimum absolute atomic E-state index is 0.0460. The normalized spacial score (nSPS) is 20.4. The quantitative estimate of drug-likeness (QED) is 0.626. The number of aromatic nitrogens is 4. The largest absolute Gasteiger partial charge is 0.467 e. The number of rotatable bonds is 6. The molecule has 0 bridgehead atoms. The number of hydrogen-bond acceptors (Lipinski definition) is 6. The number of hydrogen-bond donors (Lipinski definition) is 0. The van der Waals surface area contributed by atoms with Gasteiger partial charge in [-0.3, -0.25) is 9.80 Å². The van der Waals surface area contributed by atoms with Crippen molar-refractivity contribution in [3.05, 3.63) is 65.9 Å². The van der Waals surface area contributed by atoms with Gasteiger partial charge in [-0.1, -0.05) is 49.6 Å². The summed E-state index contributed by atoms with van der Waals surface area (Å²) >= 11 is 0. The van der Waals surface area contributed by atoms with Crippen LogP contribution in [0.3, 0.4) is 0 Å². The van der Waals surface area contributed by atoms with Crippen LogP contribution in [-0.4, -0.2) is 62.2 Å². The van der Waals surface area contributed by atoms with Gasteiger partial charge in [0.15, 0.2) is 5.82 Å². The molecule has 1 aliphatic carbocycles. The number of furan rings is 1. The van der Waals surface area contributed by atoms with E-state index in [2.05, 4.69) is 55.7 Å². The third-order valence-corrected chi connectivity index (χ3v) is 6.61. The fraction of sp³-hybridized carbons (Fsp3) is 0.522. The van der Waals surface area contributed by atoms with Crippen molar-refractivity contribution in [2.75, 3.05) is 26.2 Å². The molecule has 1 aliphatic heterocycles. The first-order chi connectivity index (χ1) is 14.9. The van der Waals surface area contributed by atoms with Gasteiger partial charge in [0, 0.05) is 32.2 Å². The van der Waals surface area contributed by atoms with Crippen LogP contribution < -0.4 is 0 Å². The van der Waals surface area contributed by atoms with E-state index in [0.29, 0.717) is 6.54 Å². The zero-order valence-corrected chi connectivity index (χ0v) is 17.4. The summed E-state index contributed by atoms with van der Waals surface area (Å²) in [5.41, 5.74) is 1.24. The summed E-state index contributed by atoms with van der Waals surface area (Å²) in [7, 11) is 0. The molecule has 0 radical (unpaired) electrons. The zero-order valence-electron chi connectivity index (χ0n) is 17.4. The number of benzene rings is 1. The van der Waals surface area contributed by atoms with E-state index in [9.17, 15) is 0 Å². The van der Waals surface area contributed by atoms with E-state index in [4.69, 9.17) is 4.42 Å². The van der Waals surface area contributed by atoms with Gasteiger partial charge < -0.3 is 4.42 Å². The van der Waals surface area contributed by atoms with Gasteiger partial charge in [0.05, 0.1) is 12.3 Å². The SMILES string of the molecule is c1ccc(C(c2nnnn2Cc2ccco2)N2CCN(C3CCCCC3)CC2)cc1. The second-order valence-electron chi connectivity index (χ2n) is 8.45. The zero-order chi connectivity index (χ0) is 20.2. The smallest absolute Gasteiger partial charge is 0.173 e. The van der Waals surface area contributed by atoms with Crippen molar-refractivity contribution in [3.63, 3.8) is 0 Å². The van der Waals surface area contributed by atoms with Crippen LogP contribution in [0.2, 0.25) is 0 Å². The standard InChI is InChI=1S/C23H30N6O/c1-3-8-19(9-4-1)22(23-24-25-26-29(23)18-21-12-7-17-30-21)28-15-13-27(14-16-28)20-10-5-2-6-11-20/h1,3-4,7-9,12,17,20,22H,2,5-6,10-11,13-16,18H2. The molecule has 1 saturated carbocycles. The van der Waals surface area contributed by atoms with Gasteiger partial charge in [0.25, 0.3) is 0 Å². The molecule has 0 spiro atoms. The molecule has 1 aromatic carbocycles. The molecule has 158 valence electrons. The van der Waals surface area contributed by atoms with Gasteiger partial charge in [-0.25, -0.2) is 4.68 Å². The van der Waals surface area contributed by atoms with Crippen LogP contribution in [0.5, 0.6) is 0 Å². The molecule has 1 saturated heterocycles. The molecular formula is C23H30N6O. The Morgan fingerprint density at radius 3 is 2.47 bits per heavy atom. The second kappa shape index (κ2) is 9.10. The van der Waals surface area contributed by atoms with Gasteiger partial charge in [-0.15, -0.1) is 5.10 Å². The van der Waals surface area contributed by atoms with Crippen molar-refractivity contribution in [2.45, 2.75) is 50.7 Å². The lowest BCUT2D eigenvalue weighted by Crippen LogP contribution is -2.52. The number of tetrazole rings is 1. The molecule has 1 unspecified atom stereocenters. The van der Waals surface area contributed by atoms with Crippen LogP contribution in [0.1, 0.15) is 55.3 Å². The fourth-order valence-electron chi connectivity index (χ4n) is 5.04. The minimum Gasteiger partial charge on any atom is -0.467 e. The predicted molar refractivity (Wildman–Crippen MR) is 114 cm³/mol. The minimum atomic E-state index is 0.0460. The predicted octanol–water partition coefficient (Wildman–Crippen LogP) is 3.35. The van der Waals surface area contributed by atoms with Crippen molar-refractivity contribution in [2.24, 2.45) is 0 Å². The van der Waals surface area contributed by atoms with E-state index in [1.165, 1.54) is 37.7 Å². The van der Waals surface area contributed by atoms with Gasteiger partial charge in [0.1, 0.15) is 12.3 Å². The summed E-state index contributed by atoms with van der Waals surface area (Å²) in [6.07, 6.45) is 8.61. The highest BCUT2D eigenvalue weighted by Crippen LogP contribution is 2.30. The molecule has 5 rings (SSSR count). The Balaban J connectivity index is 1.37. The lowest BCUT2D eigenvalue weighted by Gasteiger charge is -2.43. The summed E-state index contributed by atoms with van der Waals surface area (Å²) in [4.78, 5) is 5.25. The summed E-state index contributed by atoms with van der Waals surface area (Å²) < 4.78 is 7.42. The first-order valence-electron chi connectivity index (χ1n) is 11.2. The molecule has 30 heavy (non-hydrogen) atoms. The highest BCUT2D eigenvalue weighted by Gasteiger charge is 2.32. The third-order valence-electron chi connectivity index (χ3n) is 6.61. The molecule has 2 aromatic heterocycles. The van der Waals surface area contributed by atoms with Crippen molar-refractivity contribution in [1.82, 2.24) is 30.0 Å². The molecule has 1 atom stereocenters. The molecule has 3 aromatic rings. The number of piperazine rings is 1. The maximum atomic E-state index is 5.54. The van der Waals surface area contributed by atoms with Gasteiger partial charge in [-0.05, 0) is 41.0 Å². The Morgan fingerprint density at radius 1 is 0.933 bits per heavy atom. The maximum absolute atomic E-state index is 5.54. The number of nitrogens with zero attached hydrogens (tertiary/aromatic N) is 6. The summed E-state index contributed by atoms with van der Waals surface area (Å²) in [6, 6.07) is 15.3. The van der Waals surface area contributed by atoms with Crippen LogP contribution in [0, 0.1) is 0 Å². The summed E-state index contributed by atoms with van der Waals surface area (Å²) in [5, 5.41) is 12.8. The molecule has 7 heteroatoms. The van der Waals surface area contributed by atoms with E-state index in [0.717, 1.165) is 43.8 Å². The van der Waals surface area contributed by atoms with Gasteiger partial charge in [-0.2, -0.15) is 0 Å². The highest BCUT2D eigenvalue weighted by atomic mass is 16.3. The van der Waals surface area contributed by atoms with Crippen LogP contribution in [0.4, 0.5) is 0 Å². The average molecular weight is 407 g/mol. The maximum Gasteiger partial charge on any atom is 0.173 e. The Hall–Kier alpha value is -2.51. The Bertz CT molecular complexity index is 895. The van der Waals surface area contributed by atoms with Crippen molar-refractivity contribution in [1.29, 1.82) is 0 Å². The summed E-state index contributed by atoms with van der Waals surface area (Å²) in [6.45, 7) is 4.84. The molecule has 7 nitrogen and oxygen atoms in total. The van der Waals surface area contributed by atoms with E-state index in [1.54, 1.807) is 6.26 Å². The van der Waals surface area contributed by atoms with Gasteiger partial charge >= 0.3 is 0 Å². The molecular weight excluding hydrogens is 376 g/mol. The lowest BCUT2D eigenvalue weighted by atomic mass is 9.93. The Kier molecular flexibility index (Phi) is 5.90. The first-order valence-corrected chi connectivity index (χ1v) is 11.2. The lowest BCUT2D eigenvalue weighted by molar-refractivity contribution is 0.0620. The van der Waals surface area contributed by atoms with Gasteiger partial charge in [0.2, 0.25) is 0 Å².